The van der Waals surface area contributed by atoms with Crippen LogP contribution in [0.4, 0.5) is 0 Å². The third-order valence-corrected chi connectivity index (χ3v) is 1.47. The minimum atomic E-state index is -0.903. The topological polar surface area (TPSA) is 121 Å². The van der Waals surface area contributed by atoms with E-state index in [0.29, 0.717) is 0 Å². The molecular formula is C20H50O6. The van der Waals surface area contributed by atoms with E-state index < -0.39 is 22.9 Å². The Kier molecular flexibility index (Phi) is 27.5. The summed E-state index contributed by atoms with van der Waals surface area (Å²) in [5, 5.41) is 49.8. The maximum Gasteiger partial charge on any atom is 0.0821 e. The summed E-state index contributed by atoms with van der Waals surface area (Å²) in [7, 11) is 0. The van der Waals surface area contributed by atoms with Crippen LogP contribution in [0.25, 0.3) is 0 Å². The zero-order chi connectivity index (χ0) is 22.8. The van der Waals surface area contributed by atoms with Crippen molar-refractivity contribution in [3.63, 3.8) is 0 Å². The molecule has 0 rings (SSSR count). The minimum Gasteiger partial charge on any atom is -0.394 e. The molecule has 0 fully saturated rings. The Balaban J connectivity index is -0.0000000708. The largest absolute Gasteiger partial charge is 0.394 e. The van der Waals surface area contributed by atoms with Crippen molar-refractivity contribution in [1.29, 1.82) is 0 Å². The van der Waals surface area contributed by atoms with Crippen LogP contribution in [0.15, 0.2) is 0 Å². The third kappa shape index (κ3) is 269. The number of hydrogen-bond acceptors (Lipinski definition) is 6. The smallest absolute Gasteiger partial charge is 0.0821 e. The average Bonchev–Trinajstić information content (AvgIpc) is 2.35. The van der Waals surface area contributed by atoms with Crippen molar-refractivity contribution in [2.24, 2.45) is 5.92 Å². The fraction of sp³-hybridized carbons (Fsp3) is 1.00. The molecule has 0 aromatic carbocycles. The monoisotopic (exact) mass is 386 g/mol. The van der Waals surface area contributed by atoms with Crippen LogP contribution in [0.1, 0.15) is 89.5 Å². The van der Waals surface area contributed by atoms with Gasteiger partial charge in [-0.15, -0.1) is 0 Å². The molecule has 0 amide bonds. The fourth-order valence-corrected chi connectivity index (χ4v) is 0. The van der Waals surface area contributed by atoms with Crippen LogP contribution in [0.3, 0.4) is 0 Å². The van der Waals surface area contributed by atoms with Gasteiger partial charge in [-0.1, -0.05) is 27.2 Å². The SMILES string of the molecule is CC(C)(C)O.CC(C)(C)O.CC(C)(O)CO.CC(O)CO.CCC(C)C. The van der Waals surface area contributed by atoms with E-state index in [0.717, 1.165) is 5.92 Å². The van der Waals surface area contributed by atoms with Crippen molar-refractivity contribution >= 4 is 0 Å². The van der Waals surface area contributed by atoms with Crippen molar-refractivity contribution < 1.29 is 30.6 Å². The van der Waals surface area contributed by atoms with Crippen LogP contribution >= 0.6 is 0 Å². The Hall–Kier alpha value is -0.240. The van der Waals surface area contributed by atoms with E-state index in [-0.39, 0.29) is 13.2 Å². The summed E-state index contributed by atoms with van der Waals surface area (Å²) in [4.78, 5) is 0. The molecule has 0 saturated carbocycles. The molecule has 1 atom stereocenters. The quantitative estimate of drug-likeness (QED) is 0.443. The number of aliphatic hydroxyl groups excluding tert-OH is 3. The van der Waals surface area contributed by atoms with Crippen molar-refractivity contribution in [2.75, 3.05) is 13.2 Å². The van der Waals surface area contributed by atoms with Gasteiger partial charge < -0.3 is 30.6 Å². The molecule has 26 heavy (non-hydrogen) atoms. The fourth-order valence-electron chi connectivity index (χ4n) is 0. The van der Waals surface area contributed by atoms with Gasteiger partial charge in [-0.3, -0.25) is 0 Å². The normalized spacial score (nSPS) is 12.1. The first kappa shape index (κ1) is 36.6. The molecule has 0 aliphatic heterocycles. The molecule has 6 N–H and O–H groups in total. The van der Waals surface area contributed by atoms with Crippen molar-refractivity contribution in [2.45, 2.75) is 112 Å². The lowest BCUT2D eigenvalue weighted by molar-refractivity contribution is 0.0183. The second-order valence-corrected chi connectivity index (χ2v) is 9.15. The molecule has 1 unspecified atom stereocenters. The maximum atomic E-state index is 8.58. The second kappa shape index (κ2) is 19.5. The van der Waals surface area contributed by atoms with Crippen LogP contribution in [-0.4, -0.2) is 66.8 Å². The molecule has 0 heterocycles. The molecule has 6 nitrogen and oxygen atoms in total. The summed E-state index contributed by atoms with van der Waals surface area (Å²) in [6.45, 7) is 21.4. The first-order valence-electron chi connectivity index (χ1n) is 9.17. The van der Waals surface area contributed by atoms with E-state index in [2.05, 4.69) is 20.8 Å². The lowest BCUT2D eigenvalue weighted by Gasteiger charge is -2.10. The number of rotatable bonds is 3. The van der Waals surface area contributed by atoms with Crippen LogP contribution in [0.2, 0.25) is 0 Å². The number of aliphatic hydroxyl groups is 6. The Morgan fingerprint density at radius 1 is 0.692 bits per heavy atom. The molecule has 6 heteroatoms. The average molecular weight is 387 g/mol. The van der Waals surface area contributed by atoms with E-state index in [1.807, 2.05) is 0 Å². The third-order valence-electron chi connectivity index (χ3n) is 1.47. The van der Waals surface area contributed by atoms with Gasteiger partial charge in [0.05, 0.1) is 36.1 Å². The summed E-state index contributed by atoms with van der Waals surface area (Å²) in [5.41, 5.74) is -1.90. The molecule has 0 aromatic heterocycles. The van der Waals surface area contributed by atoms with Crippen LogP contribution in [-0.2, 0) is 0 Å². The summed E-state index contributed by atoms with van der Waals surface area (Å²) < 4.78 is 0. The highest BCUT2D eigenvalue weighted by atomic mass is 16.3. The van der Waals surface area contributed by atoms with E-state index in [1.165, 1.54) is 13.3 Å². The summed E-state index contributed by atoms with van der Waals surface area (Å²) in [6.07, 6.45) is 0.745. The predicted molar refractivity (Wildman–Crippen MR) is 111 cm³/mol. The molecule has 0 radical (unpaired) electrons. The predicted octanol–water partition coefficient (Wildman–Crippen LogP) is 2.72. The lowest BCUT2D eigenvalue weighted by atomic mass is 10.2. The van der Waals surface area contributed by atoms with Crippen LogP contribution in [0.5, 0.6) is 0 Å². The van der Waals surface area contributed by atoms with E-state index >= 15 is 0 Å². The summed E-state index contributed by atoms with van der Waals surface area (Å²) in [5.74, 6) is 0.884. The van der Waals surface area contributed by atoms with Gasteiger partial charge in [0.15, 0.2) is 0 Å². The Labute approximate surface area is 162 Å². The first-order valence-corrected chi connectivity index (χ1v) is 9.17. The zero-order valence-corrected chi connectivity index (χ0v) is 19.5. The van der Waals surface area contributed by atoms with Gasteiger partial charge in [0.1, 0.15) is 0 Å². The van der Waals surface area contributed by atoms with Gasteiger partial charge in [0.25, 0.3) is 0 Å². The highest BCUT2D eigenvalue weighted by Gasteiger charge is 2.07. The molecule has 0 aromatic rings. The molecule has 166 valence electrons. The molecule has 0 aliphatic rings. The van der Waals surface area contributed by atoms with Crippen molar-refractivity contribution in [1.82, 2.24) is 0 Å². The summed E-state index contributed by atoms with van der Waals surface area (Å²) >= 11 is 0. The Morgan fingerprint density at radius 2 is 0.808 bits per heavy atom. The van der Waals surface area contributed by atoms with E-state index in [1.54, 1.807) is 55.4 Å². The highest BCUT2D eigenvalue weighted by molar-refractivity contribution is 4.59. The Morgan fingerprint density at radius 3 is 0.808 bits per heavy atom. The summed E-state index contributed by atoms with van der Waals surface area (Å²) in [6, 6.07) is 0. The van der Waals surface area contributed by atoms with Gasteiger partial charge in [0.2, 0.25) is 0 Å². The van der Waals surface area contributed by atoms with Gasteiger partial charge in [0, 0.05) is 0 Å². The van der Waals surface area contributed by atoms with E-state index in [4.69, 9.17) is 30.6 Å². The lowest BCUT2D eigenvalue weighted by Crippen LogP contribution is -2.23. The second-order valence-electron chi connectivity index (χ2n) is 9.15. The number of hydrogen-bond donors (Lipinski definition) is 6. The highest BCUT2D eigenvalue weighted by Crippen LogP contribution is 1.95. The van der Waals surface area contributed by atoms with Crippen molar-refractivity contribution in [3.8, 4) is 0 Å². The first-order chi connectivity index (χ1) is 11.1. The van der Waals surface area contributed by atoms with Gasteiger partial charge in [-0.05, 0) is 68.2 Å². The van der Waals surface area contributed by atoms with Gasteiger partial charge in [-0.2, -0.15) is 0 Å². The molecular weight excluding hydrogens is 336 g/mol. The molecule has 0 saturated heterocycles. The van der Waals surface area contributed by atoms with Crippen molar-refractivity contribution in [3.05, 3.63) is 0 Å². The van der Waals surface area contributed by atoms with Crippen LogP contribution in [0, 0.1) is 5.92 Å². The molecule has 0 bridgehead atoms. The minimum absolute atomic E-state index is 0.139. The van der Waals surface area contributed by atoms with E-state index in [9.17, 15) is 0 Å². The molecule has 0 aliphatic carbocycles. The van der Waals surface area contributed by atoms with Gasteiger partial charge >= 0.3 is 0 Å². The maximum absolute atomic E-state index is 8.58. The molecule has 0 spiro atoms. The zero-order valence-electron chi connectivity index (χ0n) is 19.5. The Bertz CT molecular complexity index is 212. The van der Waals surface area contributed by atoms with Gasteiger partial charge in [-0.25, -0.2) is 0 Å². The standard InChI is InChI=1S/C5H12.C4H10O2.2C4H10O.C3H8O2/c1-4-5(2)3;1-4(2,6)3-5;2*1-4(2,3)5;1-3(5)2-4/h5H,4H2,1-3H3;5-6H,3H2,1-2H3;2*5H,1-3H3;3-5H,2H2,1H3. The van der Waals surface area contributed by atoms with Crippen LogP contribution < -0.4 is 0 Å².